The van der Waals surface area contributed by atoms with Gasteiger partial charge in [0.2, 0.25) is 20.8 Å². The maximum absolute atomic E-state index is 10.0. The molecule has 14 heteroatoms. The van der Waals surface area contributed by atoms with Gasteiger partial charge >= 0.3 is 0 Å². The van der Waals surface area contributed by atoms with Crippen molar-refractivity contribution in [3.05, 3.63) is 156 Å². The topological polar surface area (TPSA) is 173 Å². The summed E-state index contributed by atoms with van der Waals surface area (Å²) in [5.74, 6) is 2.65. The van der Waals surface area contributed by atoms with Crippen LogP contribution in [0.25, 0.3) is 0 Å². The minimum absolute atomic E-state index is 0.111. The van der Waals surface area contributed by atoms with Gasteiger partial charge in [-0.1, -0.05) is 78.9 Å². The van der Waals surface area contributed by atoms with Crippen molar-refractivity contribution < 1.29 is 44.5 Å². The highest BCUT2D eigenvalue weighted by Crippen LogP contribution is 2.23. The number of phenolic OH excluding ortho intramolecular Hbond substituents is 2. The molecule has 0 saturated heterocycles. The summed E-state index contributed by atoms with van der Waals surface area (Å²) in [7, 11) is -8.92. The number of rotatable bonds is 12. The first-order valence-electron chi connectivity index (χ1n) is 14.9. The molecule has 0 saturated carbocycles. The predicted molar refractivity (Wildman–Crippen MR) is 195 cm³/mol. The van der Waals surface area contributed by atoms with E-state index in [-0.39, 0.29) is 35.0 Å². The zero-order valence-electron chi connectivity index (χ0n) is 27.3. The molecule has 0 bridgehead atoms. The molecule has 0 aliphatic heterocycles. The highest BCUT2D eigenvalue weighted by atomic mass is 32.3. The number of hydrogen-bond donors (Lipinski definition) is 2. The van der Waals surface area contributed by atoms with Crippen LogP contribution in [-0.4, -0.2) is 48.7 Å². The molecule has 0 radical (unpaired) electrons. The van der Waals surface area contributed by atoms with Crippen molar-refractivity contribution in [2.24, 2.45) is 0 Å². The van der Waals surface area contributed by atoms with E-state index >= 15 is 0 Å². The van der Waals surface area contributed by atoms with E-state index in [2.05, 4.69) is 45.1 Å². The number of benzene rings is 5. The van der Waals surface area contributed by atoms with Crippen molar-refractivity contribution in [2.45, 2.75) is 34.5 Å². The van der Waals surface area contributed by atoms with E-state index in [4.69, 9.17) is 0 Å². The molecule has 0 spiro atoms. The van der Waals surface area contributed by atoms with Crippen LogP contribution in [0.3, 0.4) is 0 Å². The molecule has 5 aromatic rings. The van der Waals surface area contributed by atoms with Crippen molar-refractivity contribution in [3.63, 3.8) is 0 Å². The fraction of sp³-hybridized carbons (Fsp3) is 0.167. The third kappa shape index (κ3) is 16.7. The Morgan fingerprint density at radius 2 is 0.820 bits per heavy atom. The first kappa shape index (κ1) is 40.6. The summed E-state index contributed by atoms with van der Waals surface area (Å²) in [6.07, 6.45) is 4.50. The van der Waals surface area contributed by atoms with Crippen LogP contribution in [0.5, 0.6) is 11.5 Å². The normalized spacial score (nSPS) is 12.4. The summed E-state index contributed by atoms with van der Waals surface area (Å²) < 4.78 is 68.2. The van der Waals surface area contributed by atoms with E-state index < -0.39 is 20.8 Å². The van der Waals surface area contributed by atoms with Gasteiger partial charge in [-0.05, 0) is 65.7 Å². The van der Waals surface area contributed by atoms with E-state index in [1.807, 2.05) is 24.3 Å². The highest BCUT2D eigenvalue weighted by molar-refractivity contribution is 7.95. The highest BCUT2D eigenvalue weighted by Gasteiger charge is 2.19. The Morgan fingerprint density at radius 3 is 1.14 bits per heavy atom. The summed E-state index contributed by atoms with van der Waals surface area (Å²) in [5.41, 5.74) is 4.00. The molecule has 5 rings (SSSR count). The molecule has 2 atom stereocenters. The van der Waals surface area contributed by atoms with Gasteiger partial charge in [-0.15, -0.1) is 0 Å². The molecule has 0 fully saturated rings. The lowest BCUT2D eigenvalue weighted by Crippen LogP contribution is -2.06. The average Bonchev–Trinajstić information content (AvgIpc) is 3.08. The number of hydrogen-bond acceptors (Lipinski definition) is 10. The summed E-state index contributed by atoms with van der Waals surface area (Å²) in [5, 5.41) is 18.9. The van der Waals surface area contributed by atoms with Gasteiger partial charge in [0.15, 0.2) is 9.79 Å². The maximum Gasteiger partial charge on any atom is 0.217 e. The van der Waals surface area contributed by atoms with E-state index in [1.54, 1.807) is 84.9 Å². The molecule has 2 unspecified atom stereocenters. The number of phenols is 2. The lowest BCUT2D eigenvalue weighted by Gasteiger charge is -2.07. The second kappa shape index (κ2) is 20.1. The Hall–Kier alpha value is -3.86. The molecule has 0 aliphatic rings. The van der Waals surface area contributed by atoms with E-state index in [1.165, 1.54) is 20.9 Å². The van der Waals surface area contributed by atoms with Gasteiger partial charge in [0.25, 0.3) is 0 Å². The van der Waals surface area contributed by atoms with Gasteiger partial charge < -0.3 is 19.3 Å². The lowest BCUT2D eigenvalue weighted by atomic mass is 10.2. The maximum atomic E-state index is 10.0. The van der Waals surface area contributed by atoms with Crippen LogP contribution < -0.4 is 0 Å². The molecular formula is C36H38O10S4. The van der Waals surface area contributed by atoms with Crippen molar-refractivity contribution >= 4 is 42.6 Å². The van der Waals surface area contributed by atoms with Gasteiger partial charge in [-0.2, -0.15) is 0 Å². The third-order valence-electron chi connectivity index (χ3n) is 6.66. The van der Waals surface area contributed by atoms with E-state index in [0.29, 0.717) is 22.6 Å². The Kier molecular flexibility index (Phi) is 16.3. The second-order valence-corrected chi connectivity index (χ2v) is 16.9. The zero-order chi connectivity index (χ0) is 36.6. The Bertz CT molecular complexity index is 1800. The third-order valence-corrected chi connectivity index (χ3v) is 11.2. The molecule has 0 aromatic heterocycles. The van der Waals surface area contributed by atoms with Crippen LogP contribution in [0.2, 0.25) is 0 Å². The van der Waals surface area contributed by atoms with Crippen LogP contribution in [0, 0.1) is 0 Å². The predicted octanol–water partition coefficient (Wildman–Crippen LogP) is 6.04. The Balaban J connectivity index is 0.000000234. The SMILES string of the molecule is C[S+](Cc1cccc(C[S+](C)c2ccc(O)cc2)c1)c1ccc(O)cc1.O=S(=O)([O-])OCc1ccccc1.O=S(=O)([O-])OCc1ccccc1. The molecule has 50 heavy (non-hydrogen) atoms. The Morgan fingerprint density at radius 1 is 0.500 bits per heavy atom. The minimum Gasteiger partial charge on any atom is -0.726 e. The first-order valence-corrected chi connectivity index (χ1v) is 21.1. The average molecular weight is 759 g/mol. The van der Waals surface area contributed by atoms with Crippen molar-refractivity contribution in [2.75, 3.05) is 12.5 Å². The lowest BCUT2D eigenvalue weighted by molar-refractivity contribution is 0.251. The minimum atomic E-state index is -4.57. The van der Waals surface area contributed by atoms with E-state index in [0.717, 1.165) is 11.5 Å². The van der Waals surface area contributed by atoms with Gasteiger partial charge in [-0.25, -0.2) is 16.8 Å². The molecule has 2 N–H and O–H groups in total. The summed E-state index contributed by atoms with van der Waals surface area (Å²) in [4.78, 5) is 2.54. The van der Waals surface area contributed by atoms with Crippen LogP contribution in [0.1, 0.15) is 22.3 Å². The zero-order valence-corrected chi connectivity index (χ0v) is 30.6. The van der Waals surface area contributed by atoms with Gasteiger partial charge in [0.1, 0.15) is 35.5 Å². The van der Waals surface area contributed by atoms with Crippen molar-refractivity contribution in [1.29, 1.82) is 0 Å². The summed E-state index contributed by atoms with van der Waals surface area (Å²) in [6, 6.07) is 41.1. The van der Waals surface area contributed by atoms with Crippen LogP contribution in [0.4, 0.5) is 0 Å². The first-order chi connectivity index (χ1) is 23.7. The van der Waals surface area contributed by atoms with Crippen LogP contribution >= 0.6 is 0 Å². The molecule has 266 valence electrons. The fourth-order valence-electron chi connectivity index (χ4n) is 4.26. The largest absolute Gasteiger partial charge is 0.726 e. The molecule has 5 aromatic carbocycles. The quantitative estimate of drug-likeness (QED) is 0.0868. The van der Waals surface area contributed by atoms with Crippen LogP contribution in [-0.2, 0) is 75.7 Å². The monoisotopic (exact) mass is 758 g/mol. The van der Waals surface area contributed by atoms with Crippen LogP contribution in [0.15, 0.2) is 143 Å². The van der Waals surface area contributed by atoms with E-state index in [9.17, 15) is 36.2 Å². The molecule has 0 aliphatic carbocycles. The smallest absolute Gasteiger partial charge is 0.217 e. The summed E-state index contributed by atoms with van der Waals surface area (Å²) in [6.45, 7) is -0.403. The van der Waals surface area contributed by atoms with Gasteiger partial charge in [-0.3, -0.25) is 8.37 Å². The molecular weight excluding hydrogens is 721 g/mol. The van der Waals surface area contributed by atoms with Crippen molar-refractivity contribution in [1.82, 2.24) is 0 Å². The Labute approximate surface area is 300 Å². The van der Waals surface area contributed by atoms with Gasteiger partial charge in [0.05, 0.1) is 13.2 Å². The fourth-order valence-corrected chi connectivity index (χ4v) is 7.72. The molecule has 10 nitrogen and oxygen atoms in total. The second-order valence-electron chi connectivity index (χ2n) is 10.7. The molecule has 0 heterocycles. The van der Waals surface area contributed by atoms with Gasteiger partial charge in [0, 0.05) is 32.9 Å². The van der Waals surface area contributed by atoms with Crippen molar-refractivity contribution in [3.8, 4) is 11.5 Å². The number of aromatic hydroxyl groups is 2. The summed E-state index contributed by atoms with van der Waals surface area (Å²) >= 11 is 0. The standard InChI is InChI=1S/C22H22O2S2.2C7H8O4S/c1-25(21-10-6-19(23)7-11-21)15-17-4-3-5-18(14-17)16-26(2)22-12-8-20(24)9-13-22;2*8-12(9,10)11-6-7-4-2-1-3-5-7/h3-14H,15-16H2,1-2H3;2*1-5H,6H2,(H,8,9,10). The molecule has 0 amide bonds.